The van der Waals surface area contributed by atoms with E-state index in [1.807, 2.05) is 0 Å². The molecule has 0 saturated carbocycles. The summed E-state index contributed by atoms with van der Waals surface area (Å²) in [4.78, 5) is 21.9. The Morgan fingerprint density at radius 2 is 1.69 bits per heavy atom. The molecule has 0 rings (SSSR count). The van der Waals surface area contributed by atoms with Crippen LogP contribution in [-0.2, 0) is 9.59 Å². The molecule has 0 atom stereocenters. The second-order valence-electron chi connectivity index (χ2n) is 4.94. The molecular formula is C11H20N2O3. The van der Waals surface area contributed by atoms with Crippen LogP contribution in [0.5, 0.6) is 0 Å². The highest BCUT2D eigenvalue weighted by Crippen LogP contribution is 2.32. The summed E-state index contributed by atoms with van der Waals surface area (Å²) in [5.74, 6) is -0.964. The molecule has 0 aliphatic carbocycles. The van der Waals surface area contributed by atoms with Gasteiger partial charge >= 0.3 is 0 Å². The minimum absolute atomic E-state index is 0.0961. The molecule has 0 spiro atoms. The van der Waals surface area contributed by atoms with Gasteiger partial charge in [-0.2, -0.15) is 0 Å². The van der Waals surface area contributed by atoms with Gasteiger partial charge in [0.2, 0.25) is 11.8 Å². The lowest BCUT2D eigenvalue weighted by Gasteiger charge is -2.37. The Kier molecular flexibility index (Phi) is 4.37. The number of aliphatic hydroxyl groups is 1. The van der Waals surface area contributed by atoms with E-state index in [1.54, 1.807) is 27.7 Å². The lowest BCUT2D eigenvalue weighted by molar-refractivity contribution is -0.128. The number of rotatable bonds is 4. The number of carbonyl (C=O) groups excluding carboxylic acids is 2. The van der Waals surface area contributed by atoms with E-state index < -0.39 is 22.8 Å². The van der Waals surface area contributed by atoms with Crippen molar-refractivity contribution in [2.45, 2.75) is 46.6 Å². The Bertz CT molecular complexity index is 314. The van der Waals surface area contributed by atoms with E-state index >= 15 is 0 Å². The molecule has 0 saturated heterocycles. The standard InChI is InChI=1S/C11H20N2O3/c1-7(14)13-9(15)6-8(12)10(2,3)11(4,5)16/h12,16H,6H2,1-5H3,(H,13,14,15). The van der Waals surface area contributed by atoms with Crippen molar-refractivity contribution in [3.05, 3.63) is 0 Å². The predicted octanol–water partition coefficient (Wildman–Crippen LogP) is 0.856. The van der Waals surface area contributed by atoms with Crippen LogP contribution in [0.4, 0.5) is 0 Å². The zero-order valence-electron chi connectivity index (χ0n) is 10.5. The summed E-state index contributed by atoms with van der Waals surface area (Å²) in [6.07, 6.45) is -0.184. The van der Waals surface area contributed by atoms with Crippen LogP contribution in [-0.4, -0.2) is 28.2 Å². The van der Waals surface area contributed by atoms with Gasteiger partial charge in [0.05, 0.1) is 12.0 Å². The van der Waals surface area contributed by atoms with E-state index in [0.717, 1.165) is 0 Å². The molecule has 0 aromatic rings. The van der Waals surface area contributed by atoms with Crippen LogP contribution >= 0.6 is 0 Å². The van der Waals surface area contributed by atoms with Crippen molar-refractivity contribution in [2.24, 2.45) is 5.41 Å². The SMILES string of the molecule is CC(=O)NC(=O)CC(=N)C(C)(C)C(C)(C)O. The van der Waals surface area contributed by atoms with Crippen LogP contribution in [0.1, 0.15) is 41.0 Å². The maximum atomic E-state index is 11.3. The second kappa shape index (κ2) is 4.74. The van der Waals surface area contributed by atoms with Crippen LogP contribution in [0, 0.1) is 10.8 Å². The van der Waals surface area contributed by atoms with E-state index in [9.17, 15) is 14.7 Å². The number of hydrogen-bond acceptors (Lipinski definition) is 4. The molecule has 0 radical (unpaired) electrons. The van der Waals surface area contributed by atoms with Crippen LogP contribution in [0.3, 0.4) is 0 Å². The zero-order valence-corrected chi connectivity index (χ0v) is 10.5. The first-order chi connectivity index (χ1) is 6.98. The van der Waals surface area contributed by atoms with Gasteiger partial charge in [-0.05, 0) is 13.8 Å². The van der Waals surface area contributed by atoms with Crippen LogP contribution in [0.2, 0.25) is 0 Å². The van der Waals surface area contributed by atoms with Crippen molar-refractivity contribution >= 4 is 17.5 Å². The van der Waals surface area contributed by atoms with Gasteiger partial charge in [-0.3, -0.25) is 14.9 Å². The Morgan fingerprint density at radius 1 is 1.25 bits per heavy atom. The number of hydrogen-bond donors (Lipinski definition) is 3. The molecule has 0 aromatic heterocycles. The average molecular weight is 228 g/mol. The molecule has 0 fully saturated rings. The lowest BCUT2D eigenvalue weighted by atomic mass is 9.72. The second-order valence-corrected chi connectivity index (χ2v) is 4.94. The van der Waals surface area contributed by atoms with Gasteiger partial charge in [0.1, 0.15) is 0 Å². The fourth-order valence-corrected chi connectivity index (χ4v) is 0.991. The molecule has 0 aliphatic heterocycles. The zero-order chi connectivity index (χ0) is 13.1. The minimum atomic E-state index is -1.10. The molecule has 5 nitrogen and oxygen atoms in total. The van der Waals surface area contributed by atoms with Crippen molar-refractivity contribution in [3.63, 3.8) is 0 Å². The van der Waals surface area contributed by atoms with Crippen molar-refractivity contribution in [3.8, 4) is 0 Å². The van der Waals surface area contributed by atoms with Crippen molar-refractivity contribution < 1.29 is 14.7 Å². The third-order valence-corrected chi connectivity index (χ3v) is 2.94. The highest BCUT2D eigenvalue weighted by molar-refractivity contribution is 6.07. The fourth-order valence-electron chi connectivity index (χ4n) is 0.991. The third-order valence-electron chi connectivity index (χ3n) is 2.94. The summed E-state index contributed by atoms with van der Waals surface area (Å²) in [5.41, 5.74) is -1.82. The molecule has 16 heavy (non-hydrogen) atoms. The summed E-state index contributed by atoms with van der Waals surface area (Å²) in [7, 11) is 0. The van der Waals surface area contributed by atoms with Gasteiger partial charge in [-0.15, -0.1) is 0 Å². The first-order valence-corrected chi connectivity index (χ1v) is 5.09. The molecule has 0 aromatic carbocycles. The highest BCUT2D eigenvalue weighted by Gasteiger charge is 2.39. The van der Waals surface area contributed by atoms with Gasteiger partial charge in [-0.1, -0.05) is 13.8 Å². The lowest BCUT2D eigenvalue weighted by Crippen LogP contribution is -2.46. The highest BCUT2D eigenvalue weighted by atomic mass is 16.3. The minimum Gasteiger partial charge on any atom is -0.390 e. The maximum Gasteiger partial charge on any atom is 0.232 e. The number of amides is 2. The Hall–Kier alpha value is -1.23. The van der Waals surface area contributed by atoms with Crippen molar-refractivity contribution in [1.29, 1.82) is 5.41 Å². The summed E-state index contributed by atoms with van der Waals surface area (Å²) in [5, 5.41) is 19.8. The van der Waals surface area contributed by atoms with Gasteiger partial charge in [0, 0.05) is 18.1 Å². The molecule has 0 unspecified atom stereocenters. The molecular weight excluding hydrogens is 208 g/mol. The number of carbonyl (C=O) groups is 2. The topological polar surface area (TPSA) is 90.3 Å². The number of imide groups is 1. The maximum absolute atomic E-state index is 11.3. The van der Waals surface area contributed by atoms with Gasteiger partial charge < -0.3 is 10.5 Å². The molecule has 0 heterocycles. The van der Waals surface area contributed by atoms with Gasteiger partial charge in [0.15, 0.2) is 0 Å². The smallest absolute Gasteiger partial charge is 0.232 e. The van der Waals surface area contributed by atoms with E-state index in [2.05, 4.69) is 5.32 Å². The van der Waals surface area contributed by atoms with Crippen molar-refractivity contribution in [1.82, 2.24) is 5.32 Å². The first-order valence-electron chi connectivity index (χ1n) is 5.09. The monoisotopic (exact) mass is 228 g/mol. The van der Waals surface area contributed by atoms with Crippen molar-refractivity contribution in [2.75, 3.05) is 0 Å². The molecule has 0 aliphatic rings. The summed E-state index contributed by atoms with van der Waals surface area (Å²) >= 11 is 0. The summed E-state index contributed by atoms with van der Waals surface area (Å²) in [6, 6.07) is 0. The summed E-state index contributed by atoms with van der Waals surface area (Å²) < 4.78 is 0. The normalized spacial score (nSPS) is 12.1. The summed E-state index contributed by atoms with van der Waals surface area (Å²) in [6.45, 7) is 7.80. The predicted molar refractivity (Wildman–Crippen MR) is 61.2 cm³/mol. The van der Waals surface area contributed by atoms with Gasteiger partial charge in [-0.25, -0.2) is 0 Å². The largest absolute Gasteiger partial charge is 0.390 e. The Balaban J connectivity index is 4.60. The van der Waals surface area contributed by atoms with Crippen LogP contribution < -0.4 is 5.32 Å². The average Bonchev–Trinajstić information content (AvgIpc) is 1.99. The third kappa shape index (κ3) is 3.73. The number of nitrogens with one attached hydrogen (secondary N) is 2. The molecule has 2 amide bonds. The fraction of sp³-hybridized carbons (Fsp3) is 0.727. The van der Waals surface area contributed by atoms with E-state index in [-0.39, 0.29) is 12.1 Å². The quantitative estimate of drug-likeness (QED) is 0.623. The van der Waals surface area contributed by atoms with E-state index in [0.29, 0.717) is 0 Å². The Labute approximate surface area is 95.7 Å². The van der Waals surface area contributed by atoms with Crippen LogP contribution in [0.25, 0.3) is 0 Å². The molecule has 92 valence electrons. The molecule has 0 bridgehead atoms. The first kappa shape index (κ1) is 14.8. The molecule has 3 N–H and O–H groups in total. The van der Waals surface area contributed by atoms with Crippen LogP contribution in [0.15, 0.2) is 0 Å². The van der Waals surface area contributed by atoms with Gasteiger partial charge in [0.25, 0.3) is 0 Å². The van der Waals surface area contributed by atoms with E-state index in [4.69, 9.17) is 5.41 Å². The molecule has 5 heteroatoms. The van der Waals surface area contributed by atoms with E-state index in [1.165, 1.54) is 6.92 Å². The Morgan fingerprint density at radius 3 is 2.00 bits per heavy atom.